The van der Waals surface area contributed by atoms with Crippen molar-refractivity contribution in [1.29, 1.82) is 0 Å². The van der Waals surface area contributed by atoms with Crippen molar-refractivity contribution in [2.45, 2.75) is 0 Å². The number of aromatic nitrogens is 2. The Bertz CT molecular complexity index is 1780. The number of rotatable bonds is 1. The number of imidazole rings is 1. The van der Waals surface area contributed by atoms with E-state index in [0.29, 0.717) is 0 Å². The topological polar surface area (TPSA) is 17.3 Å². The lowest BCUT2D eigenvalue weighted by atomic mass is 9.96. The van der Waals surface area contributed by atoms with Crippen molar-refractivity contribution in [1.82, 2.24) is 9.38 Å². The standard InChI is InChI=1S/C29H18N2/c1-2-10-21-19(8-1)9-7-13-22(21)20-16-17-27-25(18-20)23-11-3-4-12-24(23)29-30-26-14-5-6-15-28(26)31(27)29/h1-18H. The highest BCUT2D eigenvalue weighted by atomic mass is 15.0. The third-order valence-corrected chi connectivity index (χ3v) is 6.36. The molecule has 0 aliphatic rings. The molecule has 2 heteroatoms. The number of para-hydroxylation sites is 2. The Morgan fingerprint density at radius 3 is 2.19 bits per heavy atom. The largest absolute Gasteiger partial charge is 0.292 e. The summed E-state index contributed by atoms with van der Waals surface area (Å²) in [4.78, 5) is 4.98. The molecule has 7 aromatic rings. The first-order valence-electron chi connectivity index (χ1n) is 10.6. The predicted molar refractivity (Wildman–Crippen MR) is 131 cm³/mol. The second-order valence-corrected chi connectivity index (χ2v) is 8.06. The van der Waals surface area contributed by atoms with Gasteiger partial charge in [0.25, 0.3) is 0 Å². The number of fused-ring (bicyclic) bond motifs is 9. The summed E-state index contributed by atoms with van der Waals surface area (Å²) in [5, 5.41) is 6.21. The molecular formula is C29H18N2. The average Bonchev–Trinajstić information content (AvgIpc) is 3.24. The summed E-state index contributed by atoms with van der Waals surface area (Å²) in [6.45, 7) is 0. The normalized spacial score (nSPS) is 11.9. The minimum absolute atomic E-state index is 1.02. The van der Waals surface area contributed by atoms with Crippen LogP contribution in [0, 0.1) is 0 Å². The van der Waals surface area contributed by atoms with Gasteiger partial charge in [0.05, 0.1) is 16.6 Å². The predicted octanol–water partition coefficient (Wildman–Crippen LogP) is 7.61. The van der Waals surface area contributed by atoms with Crippen LogP contribution < -0.4 is 0 Å². The van der Waals surface area contributed by atoms with E-state index in [4.69, 9.17) is 4.98 Å². The zero-order chi connectivity index (χ0) is 20.4. The second kappa shape index (κ2) is 6.16. The van der Waals surface area contributed by atoms with Crippen LogP contribution >= 0.6 is 0 Å². The van der Waals surface area contributed by atoms with Gasteiger partial charge in [-0.1, -0.05) is 84.9 Å². The van der Waals surface area contributed by atoms with E-state index in [0.717, 1.165) is 16.7 Å². The second-order valence-electron chi connectivity index (χ2n) is 8.06. The van der Waals surface area contributed by atoms with Crippen LogP contribution in [0.1, 0.15) is 0 Å². The van der Waals surface area contributed by atoms with Crippen LogP contribution in [-0.4, -0.2) is 9.38 Å². The molecule has 7 rings (SSSR count). The van der Waals surface area contributed by atoms with Gasteiger partial charge in [-0.2, -0.15) is 0 Å². The number of hydrogen-bond acceptors (Lipinski definition) is 1. The van der Waals surface area contributed by atoms with Gasteiger partial charge in [0.15, 0.2) is 0 Å². The van der Waals surface area contributed by atoms with Crippen LogP contribution in [0.2, 0.25) is 0 Å². The Hall–Kier alpha value is -4.17. The van der Waals surface area contributed by atoms with E-state index in [2.05, 4.69) is 114 Å². The Balaban J connectivity index is 1.66. The molecule has 2 aromatic heterocycles. The monoisotopic (exact) mass is 394 g/mol. The molecule has 144 valence electrons. The lowest BCUT2D eigenvalue weighted by molar-refractivity contribution is 1.31. The van der Waals surface area contributed by atoms with Crippen LogP contribution in [0.3, 0.4) is 0 Å². The first-order valence-corrected chi connectivity index (χ1v) is 10.6. The van der Waals surface area contributed by atoms with E-state index >= 15 is 0 Å². The molecule has 31 heavy (non-hydrogen) atoms. The van der Waals surface area contributed by atoms with Gasteiger partial charge in [-0.15, -0.1) is 0 Å². The molecule has 0 amide bonds. The van der Waals surface area contributed by atoms with Gasteiger partial charge in [0.1, 0.15) is 5.65 Å². The molecule has 0 bridgehead atoms. The lowest BCUT2D eigenvalue weighted by Crippen LogP contribution is -1.92. The van der Waals surface area contributed by atoms with Crippen LogP contribution in [0.5, 0.6) is 0 Å². The average molecular weight is 394 g/mol. The molecule has 2 nitrogen and oxygen atoms in total. The molecule has 0 N–H and O–H groups in total. The van der Waals surface area contributed by atoms with Crippen LogP contribution in [-0.2, 0) is 0 Å². The van der Waals surface area contributed by atoms with Crippen molar-refractivity contribution >= 4 is 49.1 Å². The smallest absolute Gasteiger partial charge is 0.146 e. The zero-order valence-electron chi connectivity index (χ0n) is 16.8. The summed E-state index contributed by atoms with van der Waals surface area (Å²) in [6.07, 6.45) is 0. The zero-order valence-corrected chi connectivity index (χ0v) is 16.8. The van der Waals surface area contributed by atoms with Crippen molar-refractivity contribution in [3.8, 4) is 11.1 Å². The molecule has 5 aromatic carbocycles. The third kappa shape index (κ3) is 2.30. The summed E-state index contributed by atoms with van der Waals surface area (Å²) in [5.41, 5.74) is 6.87. The maximum atomic E-state index is 4.98. The first kappa shape index (κ1) is 16.6. The molecule has 0 aliphatic heterocycles. The van der Waals surface area contributed by atoms with Gasteiger partial charge in [-0.3, -0.25) is 4.40 Å². The first-order chi connectivity index (χ1) is 15.4. The van der Waals surface area contributed by atoms with Gasteiger partial charge < -0.3 is 0 Å². The van der Waals surface area contributed by atoms with Crippen molar-refractivity contribution < 1.29 is 0 Å². The summed E-state index contributed by atoms with van der Waals surface area (Å²) in [5.74, 6) is 0. The number of nitrogens with zero attached hydrogens (tertiary/aromatic N) is 2. The van der Waals surface area contributed by atoms with Gasteiger partial charge in [0.2, 0.25) is 0 Å². The van der Waals surface area contributed by atoms with Gasteiger partial charge in [-0.25, -0.2) is 4.98 Å². The number of pyridine rings is 1. The van der Waals surface area contributed by atoms with Crippen molar-refractivity contribution in [2.24, 2.45) is 0 Å². The van der Waals surface area contributed by atoms with E-state index in [-0.39, 0.29) is 0 Å². The molecule has 0 aliphatic carbocycles. The maximum Gasteiger partial charge on any atom is 0.146 e. The molecule has 0 atom stereocenters. The number of benzene rings is 5. The molecule has 0 saturated heterocycles. The van der Waals surface area contributed by atoms with Gasteiger partial charge in [0, 0.05) is 10.8 Å². The van der Waals surface area contributed by atoms with E-state index in [1.165, 1.54) is 43.6 Å². The Morgan fingerprint density at radius 2 is 1.26 bits per heavy atom. The molecule has 0 spiro atoms. The van der Waals surface area contributed by atoms with Gasteiger partial charge in [-0.05, 0) is 51.6 Å². The highest BCUT2D eigenvalue weighted by Gasteiger charge is 2.14. The van der Waals surface area contributed by atoms with E-state index in [9.17, 15) is 0 Å². The summed E-state index contributed by atoms with van der Waals surface area (Å²) < 4.78 is 2.31. The minimum atomic E-state index is 1.02. The molecular weight excluding hydrogens is 376 g/mol. The Kier molecular flexibility index (Phi) is 3.30. The minimum Gasteiger partial charge on any atom is -0.292 e. The van der Waals surface area contributed by atoms with E-state index in [1.807, 2.05) is 0 Å². The fraction of sp³-hybridized carbons (Fsp3) is 0. The lowest BCUT2D eigenvalue weighted by Gasteiger charge is -2.12. The van der Waals surface area contributed by atoms with Crippen molar-refractivity contribution in [3.05, 3.63) is 109 Å². The van der Waals surface area contributed by atoms with E-state index < -0.39 is 0 Å². The maximum absolute atomic E-state index is 4.98. The Labute approximate surface area is 179 Å². The van der Waals surface area contributed by atoms with Crippen LogP contribution in [0.4, 0.5) is 0 Å². The fourth-order valence-electron chi connectivity index (χ4n) is 4.95. The highest BCUT2D eigenvalue weighted by molar-refractivity contribution is 6.15. The quantitative estimate of drug-likeness (QED) is 0.262. The molecule has 0 fully saturated rings. The summed E-state index contributed by atoms with van der Waals surface area (Å²) in [6, 6.07) is 39.0. The summed E-state index contributed by atoms with van der Waals surface area (Å²) >= 11 is 0. The summed E-state index contributed by atoms with van der Waals surface area (Å²) in [7, 11) is 0. The molecule has 0 unspecified atom stereocenters. The molecule has 2 heterocycles. The Morgan fingerprint density at radius 1 is 0.516 bits per heavy atom. The van der Waals surface area contributed by atoms with Crippen LogP contribution in [0.15, 0.2) is 109 Å². The van der Waals surface area contributed by atoms with E-state index in [1.54, 1.807) is 0 Å². The van der Waals surface area contributed by atoms with Crippen molar-refractivity contribution in [3.63, 3.8) is 0 Å². The third-order valence-electron chi connectivity index (χ3n) is 6.36. The van der Waals surface area contributed by atoms with Gasteiger partial charge >= 0.3 is 0 Å². The SMILES string of the molecule is c1ccc2c(-c3ccc4c(c3)c3ccccc3c3nc5ccccc5n43)cccc2c1. The fourth-order valence-corrected chi connectivity index (χ4v) is 4.95. The van der Waals surface area contributed by atoms with Crippen LogP contribution in [0.25, 0.3) is 60.3 Å². The molecule has 0 radical (unpaired) electrons. The van der Waals surface area contributed by atoms with Crippen molar-refractivity contribution in [2.75, 3.05) is 0 Å². The molecule has 0 saturated carbocycles. The highest BCUT2D eigenvalue weighted by Crippen LogP contribution is 2.36. The number of hydrogen-bond donors (Lipinski definition) is 0.